The number of carbonyl (C=O) groups excluding carboxylic acids is 1. The third-order valence-electron chi connectivity index (χ3n) is 4.22. The van der Waals surface area contributed by atoms with Crippen LogP contribution in [0.25, 0.3) is 0 Å². The summed E-state index contributed by atoms with van der Waals surface area (Å²) in [7, 11) is 0. The summed E-state index contributed by atoms with van der Waals surface area (Å²) in [5, 5.41) is 9.57. The monoisotopic (exact) mass is 359 g/mol. The Morgan fingerprint density at radius 1 is 1.04 bits per heavy atom. The van der Waals surface area contributed by atoms with Gasteiger partial charge in [-0.2, -0.15) is 0 Å². The number of aromatic nitrogens is 1. The molecular weight excluding hydrogens is 342 g/mol. The lowest BCUT2D eigenvalue weighted by Gasteiger charge is -2.35. The fraction of sp³-hybridized carbons (Fsp3) is 0.278. The number of rotatable bonds is 4. The highest BCUT2D eigenvalue weighted by Crippen LogP contribution is 2.16. The van der Waals surface area contributed by atoms with Crippen molar-refractivity contribution in [1.82, 2.24) is 9.88 Å². The van der Waals surface area contributed by atoms with Crippen LogP contribution in [-0.4, -0.2) is 53.0 Å². The number of carbonyl (C=O) groups is 2. The molecule has 1 fully saturated rings. The van der Waals surface area contributed by atoms with Crippen molar-refractivity contribution in [2.24, 2.45) is 0 Å². The van der Waals surface area contributed by atoms with E-state index in [1.165, 1.54) is 6.20 Å². The van der Waals surface area contributed by atoms with Crippen LogP contribution in [0.3, 0.4) is 0 Å². The molecule has 130 valence electrons. The van der Waals surface area contributed by atoms with Crippen molar-refractivity contribution < 1.29 is 14.7 Å². The number of carboxylic acids is 1. The smallest absolute Gasteiger partial charge is 0.337 e. The molecule has 1 N–H and O–H groups in total. The van der Waals surface area contributed by atoms with Gasteiger partial charge >= 0.3 is 5.97 Å². The first-order chi connectivity index (χ1) is 12.0. The van der Waals surface area contributed by atoms with E-state index in [0.29, 0.717) is 37.6 Å². The second-order valence-corrected chi connectivity index (χ2v) is 6.32. The lowest BCUT2D eigenvalue weighted by molar-refractivity contribution is -0.130. The molecule has 3 rings (SSSR count). The van der Waals surface area contributed by atoms with E-state index in [4.69, 9.17) is 16.7 Å². The van der Waals surface area contributed by atoms with E-state index < -0.39 is 5.97 Å². The Kier molecular flexibility index (Phi) is 5.19. The molecule has 1 aromatic heterocycles. The minimum Gasteiger partial charge on any atom is -0.478 e. The predicted molar refractivity (Wildman–Crippen MR) is 95.1 cm³/mol. The summed E-state index contributed by atoms with van der Waals surface area (Å²) in [6, 6.07) is 10.6. The molecule has 0 atom stereocenters. The molecule has 1 amide bonds. The Bertz CT molecular complexity index is 754. The fourth-order valence-corrected chi connectivity index (χ4v) is 2.90. The highest BCUT2D eigenvalue weighted by Gasteiger charge is 2.22. The van der Waals surface area contributed by atoms with Crippen molar-refractivity contribution in [2.45, 2.75) is 6.42 Å². The highest BCUT2D eigenvalue weighted by molar-refractivity contribution is 6.30. The van der Waals surface area contributed by atoms with E-state index in [2.05, 4.69) is 9.88 Å². The van der Waals surface area contributed by atoms with Crippen LogP contribution in [0, 0.1) is 0 Å². The van der Waals surface area contributed by atoms with Gasteiger partial charge in [-0.15, -0.1) is 0 Å². The molecule has 1 aliphatic rings. The van der Waals surface area contributed by atoms with Crippen molar-refractivity contribution in [3.05, 3.63) is 58.7 Å². The van der Waals surface area contributed by atoms with Gasteiger partial charge < -0.3 is 14.9 Å². The Morgan fingerprint density at radius 3 is 2.28 bits per heavy atom. The lowest BCUT2D eigenvalue weighted by Crippen LogP contribution is -2.49. The largest absolute Gasteiger partial charge is 0.478 e. The second kappa shape index (κ2) is 7.53. The van der Waals surface area contributed by atoms with E-state index in [0.717, 1.165) is 11.4 Å². The zero-order chi connectivity index (χ0) is 17.8. The Hall–Kier alpha value is -2.60. The first-order valence-corrected chi connectivity index (χ1v) is 8.37. The number of hydrogen-bond donors (Lipinski definition) is 1. The predicted octanol–water partition coefficient (Wildman–Crippen LogP) is 2.32. The first-order valence-electron chi connectivity index (χ1n) is 7.99. The topological polar surface area (TPSA) is 73.7 Å². The SMILES string of the molecule is O=C(O)c1ccc(N2CCN(C(=O)Cc3ccc(Cl)cc3)CC2)nc1. The highest BCUT2D eigenvalue weighted by atomic mass is 35.5. The molecule has 2 aromatic rings. The molecule has 0 spiro atoms. The third-order valence-corrected chi connectivity index (χ3v) is 4.47. The minimum atomic E-state index is -0.989. The van der Waals surface area contributed by atoms with E-state index in [-0.39, 0.29) is 11.5 Å². The summed E-state index contributed by atoms with van der Waals surface area (Å²) >= 11 is 5.86. The average molecular weight is 360 g/mol. The van der Waals surface area contributed by atoms with Gasteiger partial charge in [0.2, 0.25) is 5.91 Å². The molecular formula is C18H18ClN3O3. The second-order valence-electron chi connectivity index (χ2n) is 5.88. The van der Waals surface area contributed by atoms with Gasteiger partial charge in [-0.05, 0) is 29.8 Å². The molecule has 0 bridgehead atoms. The maximum Gasteiger partial charge on any atom is 0.337 e. The molecule has 1 aromatic carbocycles. The Morgan fingerprint density at radius 2 is 1.72 bits per heavy atom. The third kappa shape index (κ3) is 4.28. The van der Waals surface area contributed by atoms with Gasteiger partial charge in [0, 0.05) is 37.4 Å². The zero-order valence-corrected chi connectivity index (χ0v) is 14.3. The normalized spacial score (nSPS) is 14.4. The van der Waals surface area contributed by atoms with Crippen LogP contribution in [0.5, 0.6) is 0 Å². The molecule has 0 radical (unpaired) electrons. The van der Waals surface area contributed by atoms with Gasteiger partial charge in [0.05, 0.1) is 12.0 Å². The summed E-state index contributed by atoms with van der Waals surface area (Å²) < 4.78 is 0. The summed E-state index contributed by atoms with van der Waals surface area (Å²) in [5.41, 5.74) is 1.11. The van der Waals surface area contributed by atoms with Crippen molar-refractivity contribution in [3.8, 4) is 0 Å². The Labute approximate surface area is 150 Å². The van der Waals surface area contributed by atoms with Gasteiger partial charge in [0.25, 0.3) is 0 Å². The minimum absolute atomic E-state index is 0.0937. The number of pyridine rings is 1. The van der Waals surface area contributed by atoms with E-state index in [9.17, 15) is 9.59 Å². The maximum absolute atomic E-state index is 12.4. The van der Waals surface area contributed by atoms with E-state index >= 15 is 0 Å². The van der Waals surface area contributed by atoms with E-state index in [1.807, 2.05) is 17.0 Å². The molecule has 25 heavy (non-hydrogen) atoms. The first kappa shape index (κ1) is 17.2. The van der Waals surface area contributed by atoms with Crippen molar-refractivity contribution in [2.75, 3.05) is 31.1 Å². The number of amides is 1. The molecule has 0 aliphatic carbocycles. The van der Waals surface area contributed by atoms with Crippen LogP contribution in [0.1, 0.15) is 15.9 Å². The van der Waals surface area contributed by atoms with Crippen molar-refractivity contribution in [1.29, 1.82) is 0 Å². The maximum atomic E-state index is 12.4. The van der Waals surface area contributed by atoms with Crippen LogP contribution < -0.4 is 4.90 Å². The standard InChI is InChI=1S/C18H18ClN3O3/c19-15-4-1-13(2-5-15)11-17(23)22-9-7-21(8-10-22)16-6-3-14(12-20-16)18(24)25/h1-6,12H,7-11H2,(H,24,25). The number of aromatic carboxylic acids is 1. The molecule has 2 heterocycles. The number of hydrogen-bond acceptors (Lipinski definition) is 4. The van der Waals surface area contributed by atoms with Crippen LogP contribution in [0.15, 0.2) is 42.6 Å². The molecule has 0 unspecified atom stereocenters. The lowest BCUT2D eigenvalue weighted by atomic mass is 10.1. The van der Waals surface area contributed by atoms with Crippen LogP contribution >= 0.6 is 11.6 Å². The average Bonchev–Trinajstić information content (AvgIpc) is 2.64. The van der Waals surface area contributed by atoms with Crippen LogP contribution in [0.4, 0.5) is 5.82 Å². The van der Waals surface area contributed by atoms with E-state index in [1.54, 1.807) is 24.3 Å². The number of nitrogens with zero attached hydrogens (tertiary/aromatic N) is 3. The molecule has 6 nitrogen and oxygen atoms in total. The summed E-state index contributed by atoms with van der Waals surface area (Å²) in [4.78, 5) is 31.4. The molecule has 0 saturated carbocycles. The number of piperazine rings is 1. The number of benzene rings is 1. The molecule has 1 saturated heterocycles. The van der Waals surface area contributed by atoms with Gasteiger partial charge in [-0.1, -0.05) is 23.7 Å². The number of halogens is 1. The molecule has 7 heteroatoms. The zero-order valence-electron chi connectivity index (χ0n) is 13.6. The summed E-state index contributed by atoms with van der Waals surface area (Å²) in [6.07, 6.45) is 1.72. The number of carboxylic acid groups (broad SMARTS) is 1. The number of anilines is 1. The van der Waals surface area contributed by atoms with Gasteiger partial charge in [0.1, 0.15) is 5.82 Å². The van der Waals surface area contributed by atoms with Gasteiger partial charge in [-0.3, -0.25) is 4.79 Å². The molecule has 1 aliphatic heterocycles. The summed E-state index contributed by atoms with van der Waals surface area (Å²) in [5.74, 6) is -0.164. The van der Waals surface area contributed by atoms with Crippen molar-refractivity contribution in [3.63, 3.8) is 0 Å². The Balaban J connectivity index is 1.55. The van der Waals surface area contributed by atoms with Gasteiger partial charge in [-0.25, -0.2) is 9.78 Å². The van der Waals surface area contributed by atoms with Crippen molar-refractivity contribution >= 4 is 29.3 Å². The summed E-state index contributed by atoms with van der Waals surface area (Å²) in [6.45, 7) is 2.58. The van der Waals surface area contributed by atoms with Gasteiger partial charge in [0.15, 0.2) is 0 Å². The van der Waals surface area contributed by atoms with Crippen LogP contribution in [-0.2, 0) is 11.2 Å². The quantitative estimate of drug-likeness (QED) is 0.906. The van der Waals surface area contributed by atoms with Crippen LogP contribution in [0.2, 0.25) is 5.02 Å². The fourth-order valence-electron chi connectivity index (χ4n) is 2.77.